The zero-order chi connectivity index (χ0) is 10.7. The molecule has 0 amide bonds. The standard InChI is InChI=1S/3C3H6O.Ru/c3*1-3(2)4;/h3*1-2H3;. The summed E-state index contributed by atoms with van der Waals surface area (Å²) in [5.74, 6) is 0.500. The summed E-state index contributed by atoms with van der Waals surface area (Å²) in [5.41, 5.74) is 0. The van der Waals surface area contributed by atoms with Gasteiger partial charge in [-0.25, -0.2) is 0 Å². The quantitative estimate of drug-likeness (QED) is 0.633. The van der Waals surface area contributed by atoms with Crippen LogP contribution in [0.1, 0.15) is 41.5 Å². The molecular weight excluding hydrogens is 257 g/mol. The number of carbonyl (C=O) groups excluding carboxylic acids is 3. The van der Waals surface area contributed by atoms with Gasteiger partial charge < -0.3 is 14.4 Å². The minimum absolute atomic E-state index is 0. The fraction of sp³-hybridized carbons (Fsp3) is 0.667. The Labute approximate surface area is 93.0 Å². The zero-order valence-corrected chi connectivity index (χ0v) is 10.8. The van der Waals surface area contributed by atoms with Gasteiger partial charge in [-0.3, -0.25) is 0 Å². The van der Waals surface area contributed by atoms with E-state index in [2.05, 4.69) is 0 Å². The van der Waals surface area contributed by atoms with Crippen molar-refractivity contribution in [2.75, 3.05) is 0 Å². The molecule has 0 aliphatic heterocycles. The van der Waals surface area contributed by atoms with Gasteiger partial charge in [0.2, 0.25) is 0 Å². The Morgan fingerprint density at radius 1 is 0.538 bits per heavy atom. The van der Waals surface area contributed by atoms with Gasteiger partial charge in [-0.15, -0.1) is 0 Å². The molecule has 0 heterocycles. The predicted molar refractivity (Wildman–Crippen MR) is 49.1 cm³/mol. The van der Waals surface area contributed by atoms with E-state index in [0.29, 0.717) is 0 Å². The third-order valence-electron chi connectivity index (χ3n) is 0. The van der Waals surface area contributed by atoms with Crippen LogP contribution in [0.3, 0.4) is 0 Å². The van der Waals surface area contributed by atoms with Crippen LogP contribution in [0.25, 0.3) is 0 Å². The van der Waals surface area contributed by atoms with Gasteiger partial charge in [0.25, 0.3) is 0 Å². The molecule has 3 nitrogen and oxygen atoms in total. The van der Waals surface area contributed by atoms with Crippen molar-refractivity contribution < 1.29 is 33.9 Å². The normalized spacial score (nSPS) is 6.00. The Morgan fingerprint density at radius 2 is 0.538 bits per heavy atom. The SMILES string of the molecule is CC(C)=O.CC(C)=O.CC(C)=O.[Ru]. The van der Waals surface area contributed by atoms with E-state index in [0.717, 1.165) is 0 Å². The molecule has 0 saturated carbocycles. The third kappa shape index (κ3) is 8030. The molecule has 0 fully saturated rings. The maximum absolute atomic E-state index is 9.44. The fourth-order valence-corrected chi connectivity index (χ4v) is 0. The molecule has 0 atom stereocenters. The average molecular weight is 275 g/mol. The molecule has 0 aliphatic carbocycles. The number of hydrogen-bond donors (Lipinski definition) is 0. The Hall–Kier alpha value is -0.367. The Morgan fingerprint density at radius 3 is 0.538 bits per heavy atom. The van der Waals surface area contributed by atoms with E-state index in [9.17, 15) is 14.4 Å². The van der Waals surface area contributed by atoms with Crippen LogP contribution in [0.15, 0.2) is 0 Å². The van der Waals surface area contributed by atoms with Gasteiger partial charge in [0, 0.05) is 19.5 Å². The molecule has 4 heteroatoms. The van der Waals surface area contributed by atoms with E-state index in [4.69, 9.17) is 0 Å². The van der Waals surface area contributed by atoms with E-state index < -0.39 is 0 Å². The van der Waals surface area contributed by atoms with Gasteiger partial charge in [-0.2, -0.15) is 0 Å². The Bertz CT molecular complexity index is 112. The van der Waals surface area contributed by atoms with Gasteiger partial charge in [-0.05, 0) is 41.5 Å². The van der Waals surface area contributed by atoms with Gasteiger partial charge in [-0.1, -0.05) is 0 Å². The van der Waals surface area contributed by atoms with Crippen LogP contribution < -0.4 is 0 Å². The molecule has 0 aromatic heterocycles. The van der Waals surface area contributed by atoms with Crippen molar-refractivity contribution in [3.05, 3.63) is 0 Å². The zero-order valence-electron chi connectivity index (χ0n) is 9.08. The molecular formula is C9H18O3Ru. The van der Waals surface area contributed by atoms with Crippen molar-refractivity contribution >= 4 is 17.3 Å². The second-order valence-electron chi connectivity index (χ2n) is 2.72. The van der Waals surface area contributed by atoms with E-state index >= 15 is 0 Å². The van der Waals surface area contributed by atoms with Gasteiger partial charge in [0.05, 0.1) is 0 Å². The van der Waals surface area contributed by atoms with Crippen molar-refractivity contribution in [2.24, 2.45) is 0 Å². The molecule has 0 spiro atoms. The molecule has 13 heavy (non-hydrogen) atoms. The summed E-state index contributed by atoms with van der Waals surface area (Å²) in [6.45, 7) is 9.17. The summed E-state index contributed by atoms with van der Waals surface area (Å²) in [4.78, 5) is 28.3. The van der Waals surface area contributed by atoms with Crippen molar-refractivity contribution in [3.8, 4) is 0 Å². The van der Waals surface area contributed by atoms with Crippen molar-refractivity contribution in [3.63, 3.8) is 0 Å². The molecule has 0 rings (SSSR count). The molecule has 0 radical (unpaired) electrons. The van der Waals surface area contributed by atoms with Crippen LogP contribution in [-0.2, 0) is 33.9 Å². The largest absolute Gasteiger partial charge is 0.300 e. The van der Waals surface area contributed by atoms with Crippen LogP contribution in [0.2, 0.25) is 0 Å². The van der Waals surface area contributed by atoms with Crippen LogP contribution >= 0.6 is 0 Å². The first kappa shape index (κ1) is 22.9. The topological polar surface area (TPSA) is 51.2 Å². The van der Waals surface area contributed by atoms with Crippen molar-refractivity contribution in [1.29, 1.82) is 0 Å². The van der Waals surface area contributed by atoms with E-state index in [1.54, 1.807) is 0 Å². The van der Waals surface area contributed by atoms with Gasteiger partial charge in [0.15, 0.2) is 0 Å². The molecule has 0 aromatic carbocycles. The summed E-state index contributed by atoms with van der Waals surface area (Å²) in [7, 11) is 0. The van der Waals surface area contributed by atoms with Crippen molar-refractivity contribution in [2.45, 2.75) is 41.5 Å². The summed E-state index contributed by atoms with van der Waals surface area (Å²) >= 11 is 0. The predicted octanol–water partition coefficient (Wildman–Crippen LogP) is 1.78. The molecule has 0 bridgehead atoms. The number of hydrogen-bond acceptors (Lipinski definition) is 3. The number of rotatable bonds is 0. The van der Waals surface area contributed by atoms with E-state index in [1.165, 1.54) is 41.5 Å². The molecule has 80 valence electrons. The Kier molecular flexibility index (Phi) is 31.1. The van der Waals surface area contributed by atoms with Crippen LogP contribution in [0.5, 0.6) is 0 Å². The Balaban J connectivity index is -0.0000000450. The maximum atomic E-state index is 9.44. The van der Waals surface area contributed by atoms with Crippen LogP contribution in [0, 0.1) is 0 Å². The number of Topliss-reactive ketones (excluding diaryl/α,β-unsaturated/α-hetero) is 3. The summed E-state index contributed by atoms with van der Waals surface area (Å²) < 4.78 is 0. The second kappa shape index (κ2) is 17.6. The minimum Gasteiger partial charge on any atom is -0.300 e. The number of carbonyl (C=O) groups is 3. The summed E-state index contributed by atoms with van der Waals surface area (Å²) in [6.07, 6.45) is 0. The average Bonchev–Trinajstić information content (AvgIpc) is 1.54. The van der Waals surface area contributed by atoms with Crippen molar-refractivity contribution in [1.82, 2.24) is 0 Å². The second-order valence-corrected chi connectivity index (χ2v) is 2.72. The van der Waals surface area contributed by atoms with E-state index in [1.807, 2.05) is 0 Å². The van der Waals surface area contributed by atoms with Crippen LogP contribution in [-0.4, -0.2) is 17.3 Å². The first-order valence-electron chi connectivity index (χ1n) is 3.61. The van der Waals surface area contributed by atoms with E-state index in [-0.39, 0.29) is 36.8 Å². The monoisotopic (exact) mass is 276 g/mol. The molecule has 0 aliphatic rings. The minimum atomic E-state index is 0. The third-order valence-corrected chi connectivity index (χ3v) is 0. The first-order valence-corrected chi connectivity index (χ1v) is 3.61. The molecule has 0 aromatic rings. The molecule has 0 saturated heterocycles. The van der Waals surface area contributed by atoms with Gasteiger partial charge >= 0.3 is 0 Å². The van der Waals surface area contributed by atoms with Gasteiger partial charge in [0.1, 0.15) is 17.3 Å². The summed E-state index contributed by atoms with van der Waals surface area (Å²) in [5, 5.41) is 0. The maximum Gasteiger partial charge on any atom is 0.126 e. The summed E-state index contributed by atoms with van der Waals surface area (Å²) in [6, 6.07) is 0. The van der Waals surface area contributed by atoms with Crippen LogP contribution in [0.4, 0.5) is 0 Å². The first-order chi connectivity index (χ1) is 5.20. The molecule has 0 unspecified atom stereocenters. The molecule has 0 N–H and O–H groups in total. The smallest absolute Gasteiger partial charge is 0.126 e. The fourth-order valence-electron chi connectivity index (χ4n) is 0. The number of ketones is 3.